The standard InChI is InChI=1S/C6H12N2O7/c7-5(14)6(8,15)3(11)1(9)2(10)4(12)13/h1-3,9-11,15H,8H2,(H2,7,14)(H,12,13)/t1-,2+,3+,6-/m1/s1. The summed E-state index contributed by atoms with van der Waals surface area (Å²) in [6, 6.07) is 0. The monoisotopic (exact) mass is 224 g/mol. The fraction of sp³-hybridized carbons (Fsp3) is 0.667. The molecule has 0 radical (unpaired) electrons. The predicted octanol–water partition coefficient (Wildman–Crippen LogP) is -4.71. The Labute approximate surface area is 83.5 Å². The van der Waals surface area contributed by atoms with Gasteiger partial charge in [-0.1, -0.05) is 0 Å². The molecule has 0 saturated heterocycles. The van der Waals surface area contributed by atoms with Crippen LogP contribution < -0.4 is 11.5 Å². The van der Waals surface area contributed by atoms with Crippen LogP contribution in [-0.2, 0) is 9.59 Å². The molecular weight excluding hydrogens is 212 g/mol. The highest BCUT2D eigenvalue weighted by Gasteiger charge is 2.45. The first kappa shape index (κ1) is 13.7. The van der Waals surface area contributed by atoms with E-state index in [1.165, 1.54) is 0 Å². The van der Waals surface area contributed by atoms with Crippen LogP contribution in [0.5, 0.6) is 0 Å². The summed E-state index contributed by atoms with van der Waals surface area (Å²) in [6.45, 7) is 0. The van der Waals surface area contributed by atoms with E-state index in [2.05, 4.69) is 5.73 Å². The number of hydrogen-bond acceptors (Lipinski definition) is 7. The first-order valence-electron chi connectivity index (χ1n) is 3.70. The van der Waals surface area contributed by atoms with Crippen LogP contribution >= 0.6 is 0 Å². The zero-order chi connectivity index (χ0) is 12.4. The Balaban J connectivity index is 4.78. The molecular formula is C6H12N2O7. The number of aliphatic hydroxyl groups is 4. The molecule has 0 fully saturated rings. The Kier molecular flexibility index (Phi) is 4.13. The highest BCUT2D eigenvalue weighted by atomic mass is 16.4. The van der Waals surface area contributed by atoms with Crippen molar-refractivity contribution < 1.29 is 35.1 Å². The largest absolute Gasteiger partial charge is 0.479 e. The van der Waals surface area contributed by atoms with Crippen molar-refractivity contribution in [3.63, 3.8) is 0 Å². The number of carboxylic acids is 1. The molecule has 0 aromatic rings. The Morgan fingerprint density at radius 3 is 1.87 bits per heavy atom. The SMILES string of the molecule is NC(=O)[C@](N)(O)[C@@H](O)[C@H](O)[C@H](O)C(=O)O. The number of rotatable bonds is 5. The summed E-state index contributed by atoms with van der Waals surface area (Å²) >= 11 is 0. The van der Waals surface area contributed by atoms with Crippen LogP contribution in [0.25, 0.3) is 0 Å². The van der Waals surface area contributed by atoms with Gasteiger partial charge in [0, 0.05) is 0 Å². The van der Waals surface area contributed by atoms with E-state index in [4.69, 9.17) is 31.3 Å². The Morgan fingerprint density at radius 2 is 1.60 bits per heavy atom. The molecule has 0 rings (SSSR count). The molecule has 15 heavy (non-hydrogen) atoms. The quantitative estimate of drug-likeness (QED) is 0.227. The van der Waals surface area contributed by atoms with Crippen LogP contribution in [0.3, 0.4) is 0 Å². The lowest BCUT2D eigenvalue weighted by Crippen LogP contribution is -2.65. The van der Waals surface area contributed by atoms with Crippen LogP contribution in [0.4, 0.5) is 0 Å². The lowest BCUT2D eigenvalue weighted by atomic mass is 9.98. The minimum atomic E-state index is -3.03. The zero-order valence-corrected chi connectivity index (χ0v) is 7.44. The van der Waals surface area contributed by atoms with Gasteiger partial charge in [0.1, 0.15) is 12.2 Å². The van der Waals surface area contributed by atoms with Crippen LogP contribution in [0.15, 0.2) is 0 Å². The van der Waals surface area contributed by atoms with Gasteiger partial charge < -0.3 is 31.3 Å². The van der Waals surface area contributed by atoms with E-state index >= 15 is 0 Å². The van der Waals surface area contributed by atoms with Gasteiger partial charge in [0.2, 0.25) is 5.72 Å². The topological polar surface area (TPSA) is 187 Å². The van der Waals surface area contributed by atoms with E-state index in [0.29, 0.717) is 0 Å². The van der Waals surface area contributed by atoms with E-state index in [0.717, 1.165) is 0 Å². The van der Waals surface area contributed by atoms with Gasteiger partial charge in [0.15, 0.2) is 6.10 Å². The number of aliphatic hydroxyl groups excluding tert-OH is 3. The van der Waals surface area contributed by atoms with Crippen molar-refractivity contribution in [2.75, 3.05) is 0 Å². The van der Waals surface area contributed by atoms with Gasteiger partial charge in [-0.2, -0.15) is 0 Å². The first-order valence-corrected chi connectivity index (χ1v) is 3.70. The molecule has 0 aliphatic carbocycles. The van der Waals surface area contributed by atoms with Crippen LogP contribution in [0, 0.1) is 0 Å². The van der Waals surface area contributed by atoms with Gasteiger partial charge in [-0.3, -0.25) is 10.5 Å². The van der Waals surface area contributed by atoms with Crippen molar-refractivity contribution in [2.24, 2.45) is 11.5 Å². The molecule has 0 aliphatic heterocycles. The second kappa shape index (κ2) is 4.51. The molecule has 9 N–H and O–H groups in total. The lowest BCUT2D eigenvalue weighted by Gasteiger charge is -2.29. The summed E-state index contributed by atoms with van der Waals surface area (Å²) in [5.41, 5.74) is 6.35. The van der Waals surface area contributed by atoms with Crippen molar-refractivity contribution in [3.05, 3.63) is 0 Å². The van der Waals surface area contributed by atoms with Gasteiger partial charge in [-0.05, 0) is 0 Å². The summed E-state index contributed by atoms with van der Waals surface area (Å²) in [4.78, 5) is 20.7. The fourth-order valence-corrected chi connectivity index (χ4v) is 0.725. The second-order valence-electron chi connectivity index (χ2n) is 2.91. The highest BCUT2D eigenvalue weighted by Crippen LogP contribution is 2.10. The van der Waals surface area contributed by atoms with Crippen molar-refractivity contribution in [3.8, 4) is 0 Å². The van der Waals surface area contributed by atoms with E-state index in [1.54, 1.807) is 0 Å². The molecule has 0 unspecified atom stereocenters. The van der Waals surface area contributed by atoms with Crippen LogP contribution in [0.2, 0.25) is 0 Å². The molecule has 9 nitrogen and oxygen atoms in total. The smallest absolute Gasteiger partial charge is 0.335 e. The average Bonchev–Trinajstić information content (AvgIpc) is 2.13. The van der Waals surface area contributed by atoms with Gasteiger partial charge in [-0.15, -0.1) is 0 Å². The summed E-state index contributed by atoms with van der Waals surface area (Å²) in [5, 5.41) is 44.2. The molecule has 0 bridgehead atoms. The molecule has 0 spiro atoms. The third-order valence-electron chi connectivity index (χ3n) is 1.75. The van der Waals surface area contributed by atoms with Crippen molar-refractivity contribution in [2.45, 2.75) is 24.0 Å². The summed E-state index contributed by atoms with van der Waals surface area (Å²) in [7, 11) is 0. The fourth-order valence-electron chi connectivity index (χ4n) is 0.725. The van der Waals surface area contributed by atoms with Crippen LogP contribution in [0.1, 0.15) is 0 Å². The third kappa shape index (κ3) is 2.84. The maximum absolute atomic E-state index is 10.5. The maximum atomic E-state index is 10.5. The van der Waals surface area contributed by atoms with Gasteiger partial charge in [0.05, 0.1) is 0 Å². The second-order valence-corrected chi connectivity index (χ2v) is 2.91. The number of aliphatic carboxylic acids is 1. The molecule has 1 amide bonds. The number of carboxylic acid groups (broad SMARTS) is 1. The molecule has 0 aromatic heterocycles. The van der Waals surface area contributed by atoms with Gasteiger partial charge in [-0.25, -0.2) is 4.79 Å². The predicted molar refractivity (Wildman–Crippen MR) is 44.0 cm³/mol. The molecule has 0 saturated carbocycles. The molecule has 9 heteroatoms. The third-order valence-corrected chi connectivity index (χ3v) is 1.75. The number of amides is 1. The molecule has 4 atom stereocenters. The number of nitrogens with two attached hydrogens (primary N) is 2. The van der Waals surface area contributed by atoms with E-state index in [-0.39, 0.29) is 0 Å². The first-order chi connectivity index (χ1) is 6.62. The molecule has 0 aromatic carbocycles. The maximum Gasteiger partial charge on any atom is 0.335 e. The van der Waals surface area contributed by atoms with Crippen LogP contribution in [-0.4, -0.2) is 61.4 Å². The normalized spacial score (nSPS) is 21.1. The zero-order valence-electron chi connectivity index (χ0n) is 7.44. The van der Waals surface area contributed by atoms with Crippen molar-refractivity contribution >= 4 is 11.9 Å². The number of carbonyl (C=O) groups excluding carboxylic acids is 1. The molecule has 0 heterocycles. The molecule has 88 valence electrons. The van der Waals surface area contributed by atoms with Gasteiger partial charge in [0.25, 0.3) is 5.91 Å². The summed E-state index contributed by atoms with van der Waals surface area (Å²) in [5.74, 6) is -3.44. The van der Waals surface area contributed by atoms with E-state index < -0.39 is 35.9 Å². The number of hydrogen-bond donors (Lipinski definition) is 7. The minimum Gasteiger partial charge on any atom is -0.479 e. The number of primary amides is 1. The number of carbonyl (C=O) groups is 2. The van der Waals surface area contributed by atoms with E-state index in [9.17, 15) is 9.59 Å². The Bertz CT molecular complexity index is 266. The summed E-state index contributed by atoms with van der Waals surface area (Å²) < 4.78 is 0. The lowest BCUT2D eigenvalue weighted by molar-refractivity contribution is -0.180. The highest BCUT2D eigenvalue weighted by molar-refractivity contribution is 5.83. The van der Waals surface area contributed by atoms with E-state index in [1.807, 2.05) is 0 Å². The van der Waals surface area contributed by atoms with Crippen molar-refractivity contribution in [1.29, 1.82) is 0 Å². The Hall–Kier alpha value is -1.26. The Morgan fingerprint density at radius 1 is 1.20 bits per heavy atom. The molecule has 0 aliphatic rings. The summed E-state index contributed by atoms with van der Waals surface area (Å²) in [6.07, 6.45) is -7.19. The minimum absolute atomic E-state index is 1.58. The average molecular weight is 224 g/mol. The van der Waals surface area contributed by atoms with Gasteiger partial charge >= 0.3 is 5.97 Å². The van der Waals surface area contributed by atoms with Crippen molar-refractivity contribution in [1.82, 2.24) is 0 Å².